The molecule has 0 aliphatic carbocycles. The molecule has 0 aromatic carbocycles. The number of pyridine rings is 1. The molecular weight excluding hydrogens is 224 g/mol. The molecule has 1 amide bonds. The van der Waals surface area contributed by atoms with Gasteiger partial charge in [0.2, 0.25) is 0 Å². The number of carboxylic acids is 1. The Hall–Kier alpha value is -1.95. The second-order valence-electron chi connectivity index (χ2n) is 3.70. The Labute approximate surface area is 98.3 Å². The molecular formula is C11H14N2O4. The number of hydrogen-bond donors (Lipinski definition) is 3. The molecule has 0 spiro atoms. The average Bonchev–Trinajstić information content (AvgIpc) is 2.25. The molecule has 6 nitrogen and oxygen atoms in total. The number of nitrogens with zero attached hydrogens (tertiary/aromatic N) is 1. The molecule has 2 atom stereocenters. The summed E-state index contributed by atoms with van der Waals surface area (Å²) in [5, 5.41) is 20.3. The van der Waals surface area contributed by atoms with Crippen LogP contribution < -0.4 is 5.32 Å². The molecule has 6 heteroatoms. The van der Waals surface area contributed by atoms with Crippen LogP contribution in [-0.4, -0.2) is 39.2 Å². The Morgan fingerprint density at radius 1 is 1.47 bits per heavy atom. The van der Waals surface area contributed by atoms with Crippen molar-refractivity contribution in [2.24, 2.45) is 0 Å². The standard InChI is InChI=1S/C11H14N2O4/c1-6-4-3-5-12-8(6)10(15)13-9(7(2)14)11(16)17/h3-5,7,9,14H,1-2H3,(H,13,15)(H,16,17)/t7-,9+/m1/s1. The van der Waals surface area contributed by atoms with Gasteiger partial charge in [-0.1, -0.05) is 6.07 Å². The number of carbonyl (C=O) groups is 2. The van der Waals surface area contributed by atoms with Gasteiger partial charge in [-0.05, 0) is 25.5 Å². The lowest BCUT2D eigenvalue weighted by atomic mass is 10.1. The van der Waals surface area contributed by atoms with E-state index in [9.17, 15) is 14.7 Å². The summed E-state index contributed by atoms with van der Waals surface area (Å²) in [7, 11) is 0. The van der Waals surface area contributed by atoms with Crippen molar-refractivity contribution in [2.75, 3.05) is 0 Å². The average molecular weight is 238 g/mol. The van der Waals surface area contributed by atoms with Crippen LogP contribution in [0.3, 0.4) is 0 Å². The third-order valence-electron chi connectivity index (χ3n) is 2.26. The van der Waals surface area contributed by atoms with E-state index in [1.165, 1.54) is 13.1 Å². The number of hydrogen-bond acceptors (Lipinski definition) is 4. The van der Waals surface area contributed by atoms with E-state index in [0.717, 1.165) is 0 Å². The second kappa shape index (κ2) is 5.40. The lowest BCUT2D eigenvalue weighted by molar-refractivity contribution is -0.141. The molecule has 1 aromatic rings. The van der Waals surface area contributed by atoms with E-state index >= 15 is 0 Å². The monoisotopic (exact) mass is 238 g/mol. The minimum absolute atomic E-state index is 0.152. The van der Waals surface area contributed by atoms with Crippen LogP contribution in [0.4, 0.5) is 0 Å². The summed E-state index contributed by atoms with van der Waals surface area (Å²) >= 11 is 0. The number of carbonyl (C=O) groups excluding carboxylic acids is 1. The third kappa shape index (κ3) is 3.25. The highest BCUT2D eigenvalue weighted by atomic mass is 16.4. The van der Waals surface area contributed by atoms with Gasteiger partial charge in [0, 0.05) is 6.20 Å². The molecule has 0 radical (unpaired) electrons. The minimum atomic E-state index is -1.34. The summed E-state index contributed by atoms with van der Waals surface area (Å²) in [4.78, 5) is 26.4. The van der Waals surface area contributed by atoms with Crippen LogP contribution in [-0.2, 0) is 4.79 Å². The number of aromatic nitrogens is 1. The Balaban J connectivity index is 2.85. The van der Waals surface area contributed by atoms with E-state index in [2.05, 4.69) is 10.3 Å². The topological polar surface area (TPSA) is 99.5 Å². The van der Waals surface area contributed by atoms with Gasteiger partial charge in [0.1, 0.15) is 5.69 Å². The number of aliphatic hydroxyl groups excluding tert-OH is 1. The summed E-state index contributed by atoms with van der Waals surface area (Å²) in [6, 6.07) is 2.03. The normalized spacial score (nSPS) is 13.8. The van der Waals surface area contributed by atoms with Gasteiger partial charge >= 0.3 is 5.97 Å². The van der Waals surface area contributed by atoms with E-state index in [1.807, 2.05) is 0 Å². The van der Waals surface area contributed by atoms with Crippen LogP contribution in [0, 0.1) is 6.92 Å². The van der Waals surface area contributed by atoms with Gasteiger partial charge in [-0.3, -0.25) is 9.78 Å². The molecule has 0 unspecified atom stereocenters. The summed E-state index contributed by atoms with van der Waals surface area (Å²) in [5.74, 6) is -1.90. The number of rotatable bonds is 4. The molecule has 0 saturated heterocycles. The molecule has 0 saturated carbocycles. The van der Waals surface area contributed by atoms with Gasteiger partial charge in [0.25, 0.3) is 5.91 Å². The third-order valence-corrected chi connectivity index (χ3v) is 2.26. The summed E-state index contributed by atoms with van der Waals surface area (Å²) in [6.45, 7) is 2.99. The van der Waals surface area contributed by atoms with E-state index in [4.69, 9.17) is 5.11 Å². The largest absolute Gasteiger partial charge is 0.480 e. The van der Waals surface area contributed by atoms with Gasteiger partial charge in [0.05, 0.1) is 6.10 Å². The maximum Gasteiger partial charge on any atom is 0.328 e. The highest BCUT2D eigenvalue weighted by Crippen LogP contribution is 2.04. The van der Waals surface area contributed by atoms with Crippen molar-refractivity contribution < 1.29 is 19.8 Å². The zero-order chi connectivity index (χ0) is 13.0. The van der Waals surface area contributed by atoms with Crippen molar-refractivity contribution >= 4 is 11.9 Å². The number of aryl methyl sites for hydroxylation is 1. The number of amides is 1. The van der Waals surface area contributed by atoms with Crippen molar-refractivity contribution in [3.05, 3.63) is 29.6 Å². The Bertz CT molecular complexity index is 431. The molecule has 3 N–H and O–H groups in total. The van der Waals surface area contributed by atoms with Crippen LogP contribution in [0.1, 0.15) is 23.0 Å². The Morgan fingerprint density at radius 3 is 2.59 bits per heavy atom. The van der Waals surface area contributed by atoms with E-state index < -0.39 is 24.0 Å². The van der Waals surface area contributed by atoms with E-state index in [-0.39, 0.29) is 5.69 Å². The quantitative estimate of drug-likeness (QED) is 0.683. The first kappa shape index (κ1) is 13.1. The van der Waals surface area contributed by atoms with Crippen LogP contribution in [0.25, 0.3) is 0 Å². The molecule has 0 aliphatic heterocycles. The van der Waals surface area contributed by atoms with Crippen molar-refractivity contribution in [1.82, 2.24) is 10.3 Å². The van der Waals surface area contributed by atoms with Gasteiger partial charge in [-0.2, -0.15) is 0 Å². The van der Waals surface area contributed by atoms with Crippen molar-refractivity contribution in [2.45, 2.75) is 26.0 Å². The van der Waals surface area contributed by atoms with Crippen LogP contribution in [0.5, 0.6) is 0 Å². The van der Waals surface area contributed by atoms with Crippen molar-refractivity contribution in [3.8, 4) is 0 Å². The first-order valence-electron chi connectivity index (χ1n) is 5.07. The Kier molecular flexibility index (Phi) is 4.17. The van der Waals surface area contributed by atoms with Gasteiger partial charge in [-0.15, -0.1) is 0 Å². The second-order valence-corrected chi connectivity index (χ2v) is 3.70. The molecule has 0 aliphatic rings. The van der Waals surface area contributed by atoms with Crippen molar-refractivity contribution in [3.63, 3.8) is 0 Å². The lowest BCUT2D eigenvalue weighted by Crippen LogP contribution is -2.47. The van der Waals surface area contributed by atoms with Crippen LogP contribution in [0.15, 0.2) is 18.3 Å². The number of nitrogens with one attached hydrogen (secondary N) is 1. The first-order chi connectivity index (χ1) is 7.93. The fourth-order valence-corrected chi connectivity index (χ4v) is 1.32. The Morgan fingerprint density at radius 2 is 2.12 bits per heavy atom. The molecule has 1 aromatic heterocycles. The zero-order valence-electron chi connectivity index (χ0n) is 9.54. The van der Waals surface area contributed by atoms with E-state index in [1.54, 1.807) is 19.1 Å². The van der Waals surface area contributed by atoms with Gasteiger partial charge < -0.3 is 15.5 Å². The molecule has 1 heterocycles. The maximum absolute atomic E-state index is 11.7. The summed E-state index contributed by atoms with van der Waals surface area (Å²) < 4.78 is 0. The van der Waals surface area contributed by atoms with Gasteiger partial charge in [0.15, 0.2) is 6.04 Å². The predicted octanol–water partition coefficient (Wildman–Crippen LogP) is -0.0462. The first-order valence-corrected chi connectivity index (χ1v) is 5.07. The summed E-state index contributed by atoms with van der Waals surface area (Å²) in [5.41, 5.74) is 0.791. The molecule has 0 fully saturated rings. The van der Waals surface area contributed by atoms with Gasteiger partial charge in [-0.25, -0.2) is 4.79 Å². The minimum Gasteiger partial charge on any atom is -0.480 e. The zero-order valence-corrected chi connectivity index (χ0v) is 9.54. The van der Waals surface area contributed by atoms with Crippen LogP contribution in [0.2, 0.25) is 0 Å². The highest BCUT2D eigenvalue weighted by molar-refractivity contribution is 5.96. The van der Waals surface area contributed by atoms with Crippen molar-refractivity contribution in [1.29, 1.82) is 0 Å². The summed E-state index contributed by atoms with van der Waals surface area (Å²) in [6.07, 6.45) is 0.264. The molecule has 17 heavy (non-hydrogen) atoms. The van der Waals surface area contributed by atoms with E-state index in [0.29, 0.717) is 5.56 Å². The molecule has 92 valence electrons. The number of aliphatic carboxylic acids is 1. The lowest BCUT2D eigenvalue weighted by Gasteiger charge is -2.17. The SMILES string of the molecule is Cc1cccnc1C(=O)N[C@H](C(=O)O)[C@@H](C)O. The predicted molar refractivity (Wildman–Crippen MR) is 59.5 cm³/mol. The molecule has 0 bridgehead atoms. The fraction of sp³-hybridized carbons (Fsp3) is 0.364. The molecule has 1 rings (SSSR count). The van der Waals surface area contributed by atoms with Crippen LogP contribution >= 0.6 is 0 Å². The fourth-order valence-electron chi connectivity index (χ4n) is 1.32. The smallest absolute Gasteiger partial charge is 0.328 e. The number of carboxylic acid groups (broad SMARTS) is 1. The highest BCUT2D eigenvalue weighted by Gasteiger charge is 2.26. The number of aliphatic hydroxyl groups is 1. The maximum atomic E-state index is 11.7.